The van der Waals surface area contributed by atoms with E-state index in [-0.39, 0.29) is 11.9 Å². The molecular formula is C26H32FN3O. The Bertz CT molecular complexity index is 931. The minimum atomic E-state index is -0.195. The lowest BCUT2D eigenvalue weighted by Gasteiger charge is -2.56. The maximum atomic E-state index is 13.8. The number of fused-ring (bicyclic) bond motifs is 4. The number of halogens is 1. The smallest absolute Gasteiger partial charge is 0.223 e. The molecule has 5 rings (SSSR count). The first-order valence-corrected chi connectivity index (χ1v) is 11.8. The van der Waals surface area contributed by atoms with Crippen LogP contribution in [0.1, 0.15) is 49.4 Å². The Hall–Kier alpha value is -2.27. The van der Waals surface area contributed by atoms with Crippen molar-refractivity contribution in [2.45, 2.75) is 64.1 Å². The Balaban J connectivity index is 1.38. The minimum absolute atomic E-state index is 0.161. The van der Waals surface area contributed by atoms with E-state index in [1.807, 2.05) is 12.3 Å². The summed E-state index contributed by atoms with van der Waals surface area (Å²) in [6.45, 7) is 5.03. The highest BCUT2D eigenvalue weighted by molar-refractivity contribution is 5.78. The number of aryl methyl sites for hydroxylation is 1. The van der Waals surface area contributed by atoms with Gasteiger partial charge in [0.05, 0.1) is 5.69 Å². The molecule has 0 saturated carbocycles. The Morgan fingerprint density at radius 2 is 2.00 bits per heavy atom. The van der Waals surface area contributed by atoms with Gasteiger partial charge in [-0.3, -0.25) is 14.7 Å². The highest BCUT2D eigenvalue weighted by atomic mass is 19.1. The fourth-order valence-electron chi connectivity index (χ4n) is 6.16. The molecule has 0 unspecified atom stereocenters. The summed E-state index contributed by atoms with van der Waals surface area (Å²) < 4.78 is 13.8. The van der Waals surface area contributed by atoms with Crippen LogP contribution in [0, 0.1) is 17.7 Å². The number of hydrogen-bond donors (Lipinski definition) is 0. The minimum Gasteiger partial charge on any atom is -0.336 e. The molecule has 4 atom stereocenters. The third-order valence-electron chi connectivity index (χ3n) is 7.59. The molecule has 1 aromatic carbocycles. The second-order valence-electron chi connectivity index (χ2n) is 9.62. The number of nitrogens with zero attached hydrogens (tertiary/aromatic N) is 3. The van der Waals surface area contributed by atoms with E-state index in [9.17, 15) is 9.18 Å². The standard InChI is InChI=1S/C26H32FN3O/c1-2-18-9-10-23(28-14-18)17-29-15-20-13-21(16-29)25(12-19-5-3-6-22(27)11-19)30-24(20)7-4-8-26(30)31/h3,5-6,9-11,14,20-21,24-25H,2,4,7-8,12-13,15-17H2,1H3/t20-,21+,24+,25+/m1/s1. The number of benzene rings is 1. The highest BCUT2D eigenvalue weighted by Crippen LogP contribution is 2.42. The van der Waals surface area contributed by atoms with Crippen molar-refractivity contribution >= 4 is 5.91 Å². The molecule has 4 heterocycles. The average Bonchev–Trinajstić information content (AvgIpc) is 2.77. The lowest BCUT2D eigenvalue weighted by atomic mass is 9.70. The fourth-order valence-corrected chi connectivity index (χ4v) is 6.16. The van der Waals surface area contributed by atoms with Gasteiger partial charge in [0.25, 0.3) is 0 Å². The molecular weight excluding hydrogens is 389 g/mol. The summed E-state index contributed by atoms with van der Waals surface area (Å²) in [7, 11) is 0. The second kappa shape index (κ2) is 8.70. The van der Waals surface area contributed by atoms with E-state index in [0.717, 1.165) is 56.6 Å². The number of pyridine rings is 1. The number of carbonyl (C=O) groups excluding carboxylic acids is 1. The van der Waals surface area contributed by atoms with Crippen LogP contribution in [0.5, 0.6) is 0 Å². The third kappa shape index (κ3) is 4.25. The Labute approximate surface area is 184 Å². The van der Waals surface area contributed by atoms with Crippen LogP contribution in [0.4, 0.5) is 4.39 Å². The first-order chi connectivity index (χ1) is 15.1. The van der Waals surface area contributed by atoms with Crippen LogP contribution in [0.3, 0.4) is 0 Å². The van der Waals surface area contributed by atoms with Crippen molar-refractivity contribution < 1.29 is 9.18 Å². The fraction of sp³-hybridized carbons (Fsp3) is 0.538. The van der Waals surface area contributed by atoms with Gasteiger partial charge >= 0.3 is 0 Å². The molecule has 0 N–H and O–H groups in total. The van der Waals surface area contributed by atoms with Crippen LogP contribution in [0.25, 0.3) is 0 Å². The van der Waals surface area contributed by atoms with Gasteiger partial charge in [-0.25, -0.2) is 4.39 Å². The molecule has 164 valence electrons. The zero-order chi connectivity index (χ0) is 21.4. The van der Waals surface area contributed by atoms with Crippen LogP contribution >= 0.6 is 0 Å². The monoisotopic (exact) mass is 421 g/mol. The summed E-state index contributed by atoms with van der Waals surface area (Å²) in [5.74, 6) is 1.06. The Morgan fingerprint density at radius 1 is 1.13 bits per heavy atom. The molecule has 3 aliphatic heterocycles. The number of carbonyl (C=O) groups is 1. The first-order valence-electron chi connectivity index (χ1n) is 11.8. The van der Waals surface area contributed by atoms with Crippen molar-refractivity contribution in [3.05, 3.63) is 65.2 Å². The summed E-state index contributed by atoms with van der Waals surface area (Å²) in [5, 5.41) is 0. The van der Waals surface area contributed by atoms with Gasteiger partial charge < -0.3 is 4.90 Å². The predicted molar refractivity (Wildman–Crippen MR) is 119 cm³/mol. The predicted octanol–water partition coefficient (Wildman–Crippen LogP) is 4.23. The number of piperidine rings is 3. The third-order valence-corrected chi connectivity index (χ3v) is 7.59. The number of rotatable bonds is 5. The van der Waals surface area contributed by atoms with Gasteiger partial charge in [0.2, 0.25) is 5.91 Å². The van der Waals surface area contributed by atoms with Gasteiger partial charge in [-0.15, -0.1) is 0 Å². The highest BCUT2D eigenvalue weighted by Gasteiger charge is 2.49. The van der Waals surface area contributed by atoms with E-state index in [0.29, 0.717) is 30.2 Å². The van der Waals surface area contributed by atoms with Crippen LogP contribution in [0.2, 0.25) is 0 Å². The molecule has 5 heteroatoms. The van der Waals surface area contributed by atoms with Crippen molar-refractivity contribution in [3.63, 3.8) is 0 Å². The maximum absolute atomic E-state index is 13.8. The summed E-state index contributed by atoms with van der Waals surface area (Å²) in [4.78, 5) is 22.4. The molecule has 1 amide bonds. The molecule has 1 aromatic heterocycles. The molecule has 2 aromatic rings. The average molecular weight is 422 g/mol. The number of likely N-dealkylation sites (tertiary alicyclic amines) is 1. The maximum Gasteiger partial charge on any atom is 0.223 e. The molecule has 0 radical (unpaired) electrons. The molecule has 3 saturated heterocycles. The summed E-state index contributed by atoms with van der Waals surface area (Å²) in [5.41, 5.74) is 3.38. The van der Waals surface area contributed by atoms with Gasteiger partial charge in [0.15, 0.2) is 0 Å². The zero-order valence-electron chi connectivity index (χ0n) is 18.3. The Kier molecular flexibility index (Phi) is 5.79. The SMILES string of the molecule is CCc1ccc(CN2C[C@H]3C[C@@H](C2)[C@H](Cc2cccc(F)c2)N2C(=O)CCC[C@@H]32)nc1. The number of aromatic nitrogens is 1. The van der Waals surface area contributed by atoms with Gasteiger partial charge in [-0.05, 0) is 73.3 Å². The van der Waals surface area contributed by atoms with Crippen molar-refractivity contribution in [1.82, 2.24) is 14.8 Å². The molecule has 0 aliphatic carbocycles. The molecule has 3 aliphatic rings. The van der Waals surface area contributed by atoms with Crippen LogP contribution in [-0.4, -0.2) is 45.9 Å². The molecule has 4 nitrogen and oxygen atoms in total. The Morgan fingerprint density at radius 3 is 2.77 bits per heavy atom. The van der Waals surface area contributed by atoms with Gasteiger partial charge in [0.1, 0.15) is 5.82 Å². The van der Waals surface area contributed by atoms with E-state index in [1.165, 1.54) is 18.1 Å². The normalized spacial score (nSPS) is 28.5. The quantitative estimate of drug-likeness (QED) is 0.725. The van der Waals surface area contributed by atoms with Gasteiger partial charge in [-0.1, -0.05) is 25.1 Å². The summed E-state index contributed by atoms with van der Waals surface area (Å²) in [6.07, 6.45) is 7.67. The number of hydrogen-bond acceptors (Lipinski definition) is 3. The van der Waals surface area contributed by atoms with E-state index in [2.05, 4.69) is 33.8 Å². The molecule has 3 fully saturated rings. The van der Waals surface area contributed by atoms with Gasteiger partial charge in [0, 0.05) is 44.3 Å². The van der Waals surface area contributed by atoms with Crippen molar-refractivity contribution in [1.29, 1.82) is 0 Å². The summed E-state index contributed by atoms with van der Waals surface area (Å²) >= 11 is 0. The zero-order valence-corrected chi connectivity index (χ0v) is 18.3. The molecule has 0 spiro atoms. The van der Waals surface area contributed by atoms with E-state index in [4.69, 9.17) is 0 Å². The second-order valence-corrected chi connectivity index (χ2v) is 9.62. The van der Waals surface area contributed by atoms with Crippen LogP contribution in [-0.2, 0) is 24.2 Å². The van der Waals surface area contributed by atoms with Crippen molar-refractivity contribution in [2.75, 3.05) is 13.1 Å². The lowest BCUT2D eigenvalue weighted by molar-refractivity contribution is -0.152. The van der Waals surface area contributed by atoms with Crippen molar-refractivity contribution in [3.8, 4) is 0 Å². The lowest BCUT2D eigenvalue weighted by Crippen LogP contribution is -2.65. The topological polar surface area (TPSA) is 36.4 Å². The first kappa shape index (κ1) is 20.6. The molecule has 31 heavy (non-hydrogen) atoms. The summed E-state index contributed by atoms with van der Waals surface area (Å²) in [6, 6.07) is 11.7. The van der Waals surface area contributed by atoms with E-state index in [1.54, 1.807) is 12.1 Å². The van der Waals surface area contributed by atoms with Crippen LogP contribution in [0.15, 0.2) is 42.6 Å². The van der Waals surface area contributed by atoms with E-state index >= 15 is 0 Å². The van der Waals surface area contributed by atoms with Crippen LogP contribution < -0.4 is 0 Å². The largest absolute Gasteiger partial charge is 0.336 e. The molecule has 2 bridgehead atoms. The van der Waals surface area contributed by atoms with E-state index < -0.39 is 0 Å². The van der Waals surface area contributed by atoms with Crippen molar-refractivity contribution in [2.24, 2.45) is 11.8 Å². The number of amides is 1. The van der Waals surface area contributed by atoms with Gasteiger partial charge in [-0.2, -0.15) is 0 Å².